The van der Waals surface area contributed by atoms with Crippen LogP contribution in [0.2, 0.25) is 0 Å². The van der Waals surface area contributed by atoms with Crippen molar-refractivity contribution in [2.45, 2.75) is 19.8 Å². The second-order valence-corrected chi connectivity index (χ2v) is 4.22. The van der Waals surface area contributed by atoms with E-state index in [9.17, 15) is 4.79 Å². The van der Waals surface area contributed by atoms with Crippen molar-refractivity contribution in [3.05, 3.63) is 12.1 Å². The van der Waals surface area contributed by atoms with Gasteiger partial charge in [-0.2, -0.15) is 0 Å². The highest BCUT2D eigenvalue weighted by Gasteiger charge is 2.14. The number of benzene rings is 1. The number of hydrogen-bond donors (Lipinski definition) is 0. The zero-order valence-electron chi connectivity index (χ0n) is 12.9. The lowest BCUT2D eigenvalue weighted by molar-refractivity contribution is -0.146. The Morgan fingerprint density at radius 3 is 2.14 bits per heavy atom. The van der Waals surface area contributed by atoms with Crippen LogP contribution in [0.4, 0.5) is 0 Å². The molecule has 118 valence electrons. The number of esters is 1. The fraction of sp³-hybridized carbons (Fsp3) is 0.533. The quantitative estimate of drug-likeness (QED) is 0.515. The molecule has 0 aliphatic carbocycles. The van der Waals surface area contributed by atoms with E-state index in [1.807, 2.05) is 6.92 Å². The Hall–Kier alpha value is -2.11. The summed E-state index contributed by atoms with van der Waals surface area (Å²) in [7, 11) is 4.55. The Labute approximate surface area is 124 Å². The van der Waals surface area contributed by atoms with Gasteiger partial charge in [-0.05, 0) is 6.42 Å². The van der Waals surface area contributed by atoms with Gasteiger partial charge in [0, 0.05) is 12.1 Å². The molecule has 0 heterocycles. The van der Waals surface area contributed by atoms with Gasteiger partial charge in [0.25, 0.3) is 0 Å². The van der Waals surface area contributed by atoms with Gasteiger partial charge >= 0.3 is 5.97 Å². The van der Waals surface area contributed by atoms with Crippen LogP contribution < -0.4 is 18.9 Å². The Bertz CT molecular complexity index is 432. The lowest BCUT2D eigenvalue weighted by Gasteiger charge is -2.14. The van der Waals surface area contributed by atoms with Gasteiger partial charge in [-0.1, -0.05) is 13.3 Å². The fourth-order valence-electron chi connectivity index (χ4n) is 1.65. The van der Waals surface area contributed by atoms with E-state index < -0.39 is 5.97 Å². The first-order valence-corrected chi connectivity index (χ1v) is 6.74. The van der Waals surface area contributed by atoms with Gasteiger partial charge in [0.1, 0.15) is 5.75 Å². The lowest BCUT2D eigenvalue weighted by atomic mass is 10.2. The molecular weight excluding hydrogens is 276 g/mol. The predicted molar refractivity (Wildman–Crippen MR) is 77.5 cm³/mol. The van der Waals surface area contributed by atoms with Crippen molar-refractivity contribution in [1.29, 1.82) is 0 Å². The summed E-state index contributed by atoms with van der Waals surface area (Å²) in [6.45, 7) is 2.27. The van der Waals surface area contributed by atoms with Crippen LogP contribution in [-0.4, -0.2) is 40.5 Å². The van der Waals surface area contributed by atoms with Gasteiger partial charge in [-0.25, -0.2) is 4.79 Å². The number of unbranched alkanes of at least 4 members (excludes halogenated alkanes) is 1. The van der Waals surface area contributed by atoms with E-state index in [0.29, 0.717) is 29.6 Å². The van der Waals surface area contributed by atoms with Crippen LogP contribution in [0.3, 0.4) is 0 Å². The second kappa shape index (κ2) is 8.94. The highest BCUT2D eigenvalue weighted by Crippen LogP contribution is 2.40. The summed E-state index contributed by atoms with van der Waals surface area (Å²) in [5.41, 5.74) is 0. The maximum absolute atomic E-state index is 11.5. The van der Waals surface area contributed by atoms with Crippen molar-refractivity contribution in [1.82, 2.24) is 0 Å². The molecule has 0 radical (unpaired) electrons. The summed E-state index contributed by atoms with van der Waals surface area (Å²) < 4.78 is 26.0. The summed E-state index contributed by atoms with van der Waals surface area (Å²) in [5.74, 6) is 1.43. The molecule has 0 bridgehead atoms. The summed E-state index contributed by atoms with van der Waals surface area (Å²) in [6.07, 6.45) is 1.82. The normalized spacial score (nSPS) is 9.90. The highest BCUT2D eigenvalue weighted by atomic mass is 16.6. The molecule has 0 fully saturated rings. The maximum Gasteiger partial charge on any atom is 0.344 e. The van der Waals surface area contributed by atoms with E-state index in [1.165, 1.54) is 21.3 Å². The van der Waals surface area contributed by atoms with Gasteiger partial charge < -0.3 is 23.7 Å². The van der Waals surface area contributed by atoms with Crippen molar-refractivity contribution in [3.8, 4) is 23.0 Å². The van der Waals surface area contributed by atoms with Crippen molar-refractivity contribution >= 4 is 5.97 Å². The molecule has 6 nitrogen and oxygen atoms in total. The molecule has 21 heavy (non-hydrogen) atoms. The van der Waals surface area contributed by atoms with Crippen LogP contribution in [0.5, 0.6) is 23.0 Å². The molecule has 0 amide bonds. The first-order chi connectivity index (χ1) is 10.2. The van der Waals surface area contributed by atoms with Gasteiger partial charge in [-0.15, -0.1) is 0 Å². The van der Waals surface area contributed by atoms with Crippen LogP contribution in [0, 0.1) is 0 Å². The molecule has 0 aliphatic rings. The summed E-state index contributed by atoms with van der Waals surface area (Å²) in [6, 6.07) is 3.25. The molecule has 0 atom stereocenters. The minimum Gasteiger partial charge on any atom is -0.493 e. The SMILES string of the molecule is CCCCOC(=O)COc1cc(OC)c(OC)c(OC)c1. The van der Waals surface area contributed by atoms with Crippen LogP contribution in [-0.2, 0) is 9.53 Å². The minimum atomic E-state index is -0.405. The second-order valence-electron chi connectivity index (χ2n) is 4.22. The Morgan fingerprint density at radius 2 is 1.67 bits per heavy atom. The monoisotopic (exact) mass is 298 g/mol. The van der Waals surface area contributed by atoms with E-state index >= 15 is 0 Å². The third kappa shape index (κ3) is 5.06. The molecule has 1 rings (SSSR count). The Kier molecular flexibility index (Phi) is 7.21. The van der Waals surface area contributed by atoms with Crippen molar-refractivity contribution in [2.75, 3.05) is 34.5 Å². The fourth-order valence-corrected chi connectivity index (χ4v) is 1.65. The number of rotatable bonds is 9. The molecule has 1 aromatic carbocycles. The zero-order valence-corrected chi connectivity index (χ0v) is 12.9. The van der Waals surface area contributed by atoms with E-state index in [2.05, 4.69) is 0 Å². The Balaban J connectivity index is 2.69. The first-order valence-electron chi connectivity index (χ1n) is 6.74. The van der Waals surface area contributed by atoms with Gasteiger partial charge in [-0.3, -0.25) is 0 Å². The van der Waals surface area contributed by atoms with Crippen molar-refractivity contribution < 1.29 is 28.5 Å². The topological polar surface area (TPSA) is 63.2 Å². The van der Waals surface area contributed by atoms with Crippen LogP contribution in [0.1, 0.15) is 19.8 Å². The number of hydrogen-bond acceptors (Lipinski definition) is 6. The van der Waals surface area contributed by atoms with Gasteiger partial charge in [0.15, 0.2) is 18.1 Å². The first kappa shape index (κ1) is 16.9. The number of carbonyl (C=O) groups excluding carboxylic acids is 1. The molecule has 6 heteroatoms. The standard InChI is InChI=1S/C15H22O6/c1-5-6-7-20-14(16)10-21-11-8-12(17-2)15(19-4)13(9-11)18-3/h8-9H,5-7,10H2,1-4H3. The third-order valence-corrected chi connectivity index (χ3v) is 2.76. The molecule has 0 saturated carbocycles. The minimum absolute atomic E-state index is 0.164. The van der Waals surface area contributed by atoms with Crippen LogP contribution >= 0.6 is 0 Å². The average molecular weight is 298 g/mol. The van der Waals surface area contributed by atoms with Crippen molar-refractivity contribution in [3.63, 3.8) is 0 Å². The summed E-state index contributed by atoms with van der Waals surface area (Å²) in [4.78, 5) is 11.5. The molecule has 1 aromatic rings. The molecule has 0 aromatic heterocycles. The van der Waals surface area contributed by atoms with E-state index in [1.54, 1.807) is 12.1 Å². The molecule has 0 aliphatic heterocycles. The molecular formula is C15H22O6. The predicted octanol–water partition coefficient (Wildman–Crippen LogP) is 2.43. The number of ether oxygens (including phenoxy) is 5. The summed E-state index contributed by atoms with van der Waals surface area (Å²) in [5, 5.41) is 0. The largest absolute Gasteiger partial charge is 0.493 e. The Morgan fingerprint density at radius 1 is 1.05 bits per heavy atom. The highest BCUT2D eigenvalue weighted by molar-refractivity contribution is 5.71. The van der Waals surface area contributed by atoms with Crippen LogP contribution in [0.15, 0.2) is 12.1 Å². The molecule has 0 unspecified atom stereocenters. The van der Waals surface area contributed by atoms with E-state index in [0.717, 1.165) is 12.8 Å². The number of carbonyl (C=O) groups is 1. The molecule has 0 saturated heterocycles. The van der Waals surface area contributed by atoms with Gasteiger partial charge in [0.05, 0.1) is 27.9 Å². The average Bonchev–Trinajstić information content (AvgIpc) is 2.51. The summed E-state index contributed by atoms with van der Waals surface area (Å²) >= 11 is 0. The van der Waals surface area contributed by atoms with E-state index in [4.69, 9.17) is 23.7 Å². The van der Waals surface area contributed by atoms with Crippen LogP contribution in [0.25, 0.3) is 0 Å². The third-order valence-electron chi connectivity index (χ3n) is 2.76. The van der Waals surface area contributed by atoms with E-state index in [-0.39, 0.29) is 6.61 Å². The molecule has 0 N–H and O–H groups in total. The maximum atomic E-state index is 11.5. The molecule has 0 spiro atoms. The van der Waals surface area contributed by atoms with Gasteiger partial charge in [0.2, 0.25) is 5.75 Å². The lowest BCUT2D eigenvalue weighted by Crippen LogP contribution is -2.15. The number of methoxy groups -OCH3 is 3. The van der Waals surface area contributed by atoms with Crippen molar-refractivity contribution in [2.24, 2.45) is 0 Å². The zero-order chi connectivity index (χ0) is 15.7. The smallest absolute Gasteiger partial charge is 0.344 e.